The Labute approximate surface area is 122 Å². The van der Waals surface area contributed by atoms with E-state index in [1.807, 2.05) is 12.1 Å². The molecule has 0 unspecified atom stereocenters. The second-order valence-corrected chi connectivity index (χ2v) is 4.93. The fourth-order valence-electron chi connectivity index (χ4n) is 1.98. The predicted molar refractivity (Wildman–Crippen MR) is 75.6 cm³/mol. The molecule has 2 amide bonds. The van der Waals surface area contributed by atoms with E-state index in [1.54, 1.807) is 0 Å². The molecule has 0 aliphatic carbocycles. The number of aromatic nitrogens is 1. The highest BCUT2D eigenvalue weighted by atomic mass is 16.4. The zero-order valence-electron chi connectivity index (χ0n) is 11.9. The zero-order chi connectivity index (χ0) is 15.2. The Hall–Kier alpha value is -2.19. The first-order valence-corrected chi connectivity index (χ1v) is 6.71. The summed E-state index contributed by atoms with van der Waals surface area (Å²) in [6.45, 7) is 3.54. The number of carbonyl (C=O) groups is 2. The number of hydrogen-bond acceptors (Lipinski definition) is 5. The molecule has 0 aromatic carbocycles. The molecule has 1 aliphatic rings. The average Bonchev–Trinajstić information content (AvgIpc) is 2.48. The summed E-state index contributed by atoms with van der Waals surface area (Å²) in [5.41, 5.74) is 3.42. The summed E-state index contributed by atoms with van der Waals surface area (Å²) >= 11 is 0. The van der Waals surface area contributed by atoms with Gasteiger partial charge in [0.2, 0.25) is 0 Å². The summed E-state index contributed by atoms with van der Waals surface area (Å²) in [5, 5.41) is 13.4. The SMILES string of the molecule is CN1CCN(NC(=O)NCc2cc(C(=O)O)ccn2)CC1. The van der Waals surface area contributed by atoms with Crippen molar-refractivity contribution in [2.24, 2.45) is 0 Å². The number of carboxylic acids is 1. The minimum Gasteiger partial charge on any atom is -0.478 e. The minimum atomic E-state index is -1.01. The lowest BCUT2D eigenvalue weighted by Crippen LogP contribution is -2.54. The molecule has 2 heterocycles. The van der Waals surface area contributed by atoms with Crippen LogP contribution in [0.2, 0.25) is 0 Å². The molecule has 8 heteroatoms. The molecule has 0 atom stereocenters. The Morgan fingerprint density at radius 2 is 2.05 bits per heavy atom. The Morgan fingerprint density at radius 3 is 2.71 bits per heavy atom. The Morgan fingerprint density at radius 1 is 1.33 bits per heavy atom. The van der Waals surface area contributed by atoms with Crippen LogP contribution in [0, 0.1) is 0 Å². The summed E-state index contributed by atoms with van der Waals surface area (Å²) in [6.07, 6.45) is 1.42. The van der Waals surface area contributed by atoms with Gasteiger partial charge in [0.25, 0.3) is 0 Å². The van der Waals surface area contributed by atoms with Crippen molar-refractivity contribution in [3.63, 3.8) is 0 Å². The fourth-order valence-corrected chi connectivity index (χ4v) is 1.98. The van der Waals surface area contributed by atoms with E-state index in [0.29, 0.717) is 5.69 Å². The third kappa shape index (κ3) is 4.69. The van der Waals surface area contributed by atoms with Gasteiger partial charge in [-0.25, -0.2) is 14.6 Å². The van der Waals surface area contributed by atoms with Crippen molar-refractivity contribution in [3.8, 4) is 0 Å². The number of piperazine rings is 1. The van der Waals surface area contributed by atoms with Gasteiger partial charge in [0.1, 0.15) is 0 Å². The summed E-state index contributed by atoms with van der Waals surface area (Å²) in [6, 6.07) is 2.54. The number of amides is 2. The van der Waals surface area contributed by atoms with Crippen LogP contribution in [0.4, 0.5) is 4.79 Å². The molecule has 114 valence electrons. The van der Waals surface area contributed by atoms with Crippen LogP contribution in [0.25, 0.3) is 0 Å². The standard InChI is InChI=1S/C13H19N5O3/c1-17-4-6-18(7-5-17)16-13(21)15-9-11-8-10(12(19)20)2-3-14-11/h2-3,8H,4-7,9H2,1H3,(H,19,20)(H2,15,16,21). The molecule has 1 aliphatic heterocycles. The first-order valence-electron chi connectivity index (χ1n) is 6.71. The highest BCUT2D eigenvalue weighted by molar-refractivity contribution is 5.87. The van der Waals surface area contributed by atoms with E-state index in [1.165, 1.54) is 18.3 Å². The molecule has 3 N–H and O–H groups in total. The molecule has 0 radical (unpaired) electrons. The van der Waals surface area contributed by atoms with Gasteiger partial charge in [-0.05, 0) is 19.2 Å². The van der Waals surface area contributed by atoms with Gasteiger partial charge in [-0.3, -0.25) is 10.4 Å². The van der Waals surface area contributed by atoms with Crippen molar-refractivity contribution >= 4 is 12.0 Å². The van der Waals surface area contributed by atoms with Crippen molar-refractivity contribution in [2.45, 2.75) is 6.54 Å². The minimum absolute atomic E-state index is 0.154. The number of nitrogens with one attached hydrogen (secondary N) is 2. The number of nitrogens with zero attached hydrogens (tertiary/aromatic N) is 3. The van der Waals surface area contributed by atoms with Crippen LogP contribution < -0.4 is 10.7 Å². The van der Waals surface area contributed by atoms with Gasteiger partial charge in [0.05, 0.1) is 17.8 Å². The van der Waals surface area contributed by atoms with Gasteiger partial charge < -0.3 is 15.3 Å². The van der Waals surface area contributed by atoms with Gasteiger partial charge in [-0.2, -0.15) is 0 Å². The molecule has 1 aromatic heterocycles. The first kappa shape index (κ1) is 15.2. The number of pyridine rings is 1. The smallest absolute Gasteiger partial charge is 0.335 e. The molecule has 21 heavy (non-hydrogen) atoms. The predicted octanol–water partition coefficient (Wildman–Crippen LogP) is -0.259. The molecular weight excluding hydrogens is 274 g/mol. The zero-order valence-corrected chi connectivity index (χ0v) is 11.9. The third-order valence-electron chi connectivity index (χ3n) is 3.26. The summed E-state index contributed by atoms with van der Waals surface area (Å²) < 4.78 is 0. The molecule has 1 fully saturated rings. The molecule has 0 saturated carbocycles. The van der Waals surface area contributed by atoms with Crippen molar-refractivity contribution in [2.75, 3.05) is 33.2 Å². The normalized spacial score (nSPS) is 16.4. The van der Waals surface area contributed by atoms with E-state index in [9.17, 15) is 9.59 Å². The molecule has 8 nitrogen and oxygen atoms in total. The molecule has 0 spiro atoms. The lowest BCUT2D eigenvalue weighted by atomic mass is 10.2. The maximum Gasteiger partial charge on any atom is 0.335 e. The lowest BCUT2D eigenvalue weighted by Gasteiger charge is -2.32. The van der Waals surface area contributed by atoms with Crippen molar-refractivity contribution in [1.82, 2.24) is 25.6 Å². The molecule has 0 bridgehead atoms. The average molecular weight is 293 g/mol. The van der Waals surface area contributed by atoms with E-state index in [4.69, 9.17) is 5.11 Å². The number of aromatic carboxylic acids is 1. The number of hydrazine groups is 1. The van der Waals surface area contributed by atoms with Crippen molar-refractivity contribution in [1.29, 1.82) is 0 Å². The fraction of sp³-hybridized carbons (Fsp3) is 0.462. The molecule has 2 rings (SSSR count). The highest BCUT2D eigenvalue weighted by Gasteiger charge is 2.15. The number of urea groups is 1. The number of carboxylic acid groups (broad SMARTS) is 1. The van der Waals surface area contributed by atoms with E-state index in [2.05, 4.69) is 20.6 Å². The third-order valence-corrected chi connectivity index (χ3v) is 3.26. The second-order valence-electron chi connectivity index (χ2n) is 4.93. The Balaban J connectivity index is 1.78. The van der Waals surface area contributed by atoms with Gasteiger partial charge in [0, 0.05) is 32.4 Å². The molecule has 1 aromatic rings. The Bertz CT molecular complexity index is 514. The molecular formula is C13H19N5O3. The van der Waals surface area contributed by atoms with Gasteiger partial charge in [-0.1, -0.05) is 0 Å². The van der Waals surface area contributed by atoms with Crippen LogP contribution in [0.5, 0.6) is 0 Å². The van der Waals surface area contributed by atoms with Gasteiger partial charge >= 0.3 is 12.0 Å². The van der Waals surface area contributed by atoms with Gasteiger partial charge in [0.15, 0.2) is 0 Å². The highest BCUT2D eigenvalue weighted by Crippen LogP contribution is 2.01. The maximum absolute atomic E-state index is 11.8. The van der Waals surface area contributed by atoms with Crippen LogP contribution >= 0.6 is 0 Å². The summed E-state index contributed by atoms with van der Waals surface area (Å²) in [5.74, 6) is -1.01. The monoisotopic (exact) mass is 293 g/mol. The topological polar surface area (TPSA) is 97.8 Å². The van der Waals surface area contributed by atoms with E-state index in [0.717, 1.165) is 26.2 Å². The van der Waals surface area contributed by atoms with Crippen LogP contribution in [0.3, 0.4) is 0 Å². The van der Waals surface area contributed by atoms with Crippen LogP contribution in [0.1, 0.15) is 16.1 Å². The van der Waals surface area contributed by atoms with Crippen molar-refractivity contribution in [3.05, 3.63) is 29.6 Å². The number of hydrogen-bond donors (Lipinski definition) is 3. The van der Waals surface area contributed by atoms with Crippen LogP contribution in [-0.4, -0.2) is 65.2 Å². The van der Waals surface area contributed by atoms with Gasteiger partial charge in [-0.15, -0.1) is 0 Å². The van der Waals surface area contributed by atoms with E-state index >= 15 is 0 Å². The number of rotatable bonds is 4. The van der Waals surface area contributed by atoms with Crippen LogP contribution in [0.15, 0.2) is 18.3 Å². The van der Waals surface area contributed by atoms with E-state index < -0.39 is 5.97 Å². The summed E-state index contributed by atoms with van der Waals surface area (Å²) in [4.78, 5) is 28.8. The summed E-state index contributed by atoms with van der Waals surface area (Å²) in [7, 11) is 2.04. The quantitative estimate of drug-likeness (QED) is 0.707. The molecule has 1 saturated heterocycles. The largest absolute Gasteiger partial charge is 0.478 e. The number of likely N-dealkylation sites (N-methyl/N-ethyl adjacent to an activating group) is 1. The van der Waals surface area contributed by atoms with E-state index in [-0.39, 0.29) is 18.1 Å². The van der Waals surface area contributed by atoms with Crippen molar-refractivity contribution < 1.29 is 14.7 Å². The lowest BCUT2D eigenvalue weighted by molar-refractivity contribution is 0.0696. The van der Waals surface area contributed by atoms with Crippen LogP contribution in [-0.2, 0) is 6.54 Å². The number of carbonyl (C=O) groups excluding carboxylic acids is 1. The Kier molecular flexibility index (Phi) is 5.07. The maximum atomic E-state index is 11.8. The first-order chi connectivity index (χ1) is 10.0. The second kappa shape index (κ2) is 7.00.